The molecule has 0 saturated heterocycles. The van der Waals surface area contributed by atoms with Crippen molar-refractivity contribution in [2.45, 2.75) is 65.2 Å². The van der Waals surface area contributed by atoms with E-state index in [2.05, 4.69) is 13.2 Å². The van der Waals surface area contributed by atoms with Crippen molar-refractivity contribution in [2.24, 2.45) is 11.8 Å². The van der Waals surface area contributed by atoms with E-state index in [-0.39, 0.29) is 57.3 Å². The fourth-order valence-corrected chi connectivity index (χ4v) is 1.97. The van der Waals surface area contributed by atoms with Gasteiger partial charge in [0.15, 0.2) is 0 Å². The van der Waals surface area contributed by atoms with Gasteiger partial charge in [-0.25, -0.2) is 0 Å². The SMILES string of the molecule is C=CCC(CCCC)C(=O)[O-].C=CCC(CCCC)C(=O)[O-].[Sr+2]. The van der Waals surface area contributed by atoms with Crippen LogP contribution in [0.25, 0.3) is 0 Å². The molecule has 0 amide bonds. The van der Waals surface area contributed by atoms with E-state index in [1.165, 1.54) is 0 Å². The van der Waals surface area contributed by atoms with Gasteiger partial charge >= 0.3 is 45.5 Å². The monoisotopic (exact) mass is 398 g/mol. The molecule has 5 heteroatoms. The van der Waals surface area contributed by atoms with Gasteiger partial charge in [0.05, 0.1) is 0 Å². The Balaban J connectivity index is -0.000000333. The van der Waals surface area contributed by atoms with Crippen molar-refractivity contribution < 1.29 is 19.8 Å². The molecule has 0 aliphatic carbocycles. The van der Waals surface area contributed by atoms with Crippen molar-refractivity contribution in [2.75, 3.05) is 0 Å². The van der Waals surface area contributed by atoms with Crippen LogP contribution in [0.2, 0.25) is 0 Å². The first kappa shape index (κ1) is 27.7. The molecule has 2 unspecified atom stereocenters. The van der Waals surface area contributed by atoms with Crippen molar-refractivity contribution in [3.63, 3.8) is 0 Å². The van der Waals surface area contributed by atoms with Gasteiger partial charge in [-0.1, -0.05) is 51.7 Å². The zero-order valence-corrected chi connectivity index (χ0v) is 18.2. The minimum atomic E-state index is -0.946. The topological polar surface area (TPSA) is 80.3 Å². The van der Waals surface area contributed by atoms with Gasteiger partial charge in [0.2, 0.25) is 0 Å². The van der Waals surface area contributed by atoms with Crippen LogP contribution in [0.15, 0.2) is 25.3 Å². The van der Waals surface area contributed by atoms with Crippen molar-refractivity contribution in [3.05, 3.63) is 25.3 Å². The summed E-state index contributed by atoms with van der Waals surface area (Å²) in [7, 11) is 0. The fraction of sp³-hybridized carbons (Fsp3) is 0.667. The summed E-state index contributed by atoms with van der Waals surface area (Å²) in [6.07, 6.45) is 9.72. The molecule has 0 saturated carbocycles. The molecule has 0 rings (SSSR count). The quantitative estimate of drug-likeness (QED) is 0.371. The summed E-state index contributed by atoms with van der Waals surface area (Å²) in [6, 6.07) is 0. The zero-order valence-electron chi connectivity index (χ0n) is 14.7. The standard InChI is InChI=1S/2C9H16O2.Sr/c2*1-3-5-7-8(6-4-2)9(10)11;/h2*4,8H,2-3,5-7H2,1H3,(H,10,11);/q;;+2/p-2. The molecule has 4 nitrogen and oxygen atoms in total. The second kappa shape index (κ2) is 19.9. The van der Waals surface area contributed by atoms with Gasteiger partial charge in [-0.3, -0.25) is 0 Å². The number of allylic oxidation sites excluding steroid dienone is 2. The Morgan fingerprint density at radius 1 is 0.870 bits per heavy atom. The van der Waals surface area contributed by atoms with Crippen LogP contribution in [-0.2, 0) is 9.59 Å². The summed E-state index contributed by atoms with van der Waals surface area (Å²) in [5.74, 6) is -2.54. The van der Waals surface area contributed by atoms with E-state index in [0.29, 0.717) is 25.7 Å². The van der Waals surface area contributed by atoms with E-state index in [1.54, 1.807) is 12.2 Å². The Labute approximate surface area is 178 Å². The predicted octanol–water partition coefficient (Wildman–Crippen LogP) is 1.86. The number of hydrogen-bond acceptors (Lipinski definition) is 4. The van der Waals surface area contributed by atoms with E-state index >= 15 is 0 Å². The second-order valence-electron chi connectivity index (χ2n) is 5.37. The van der Waals surface area contributed by atoms with Crippen LogP contribution < -0.4 is 10.2 Å². The normalized spacial score (nSPS) is 11.9. The molecule has 0 aromatic heterocycles. The van der Waals surface area contributed by atoms with E-state index in [4.69, 9.17) is 0 Å². The number of carboxylic acid groups (broad SMARTS) is 2. The summed E-state index contributed by atoms with van der Waals surface area (Å²) in [5, 5.41) is 20.9. The van der Waals surface area contributed by atoms with Crippen LogP contribution in [-0.4, -0.2) is 57.4 Å². The molecule has 0 aliphatic heterocycles. The predicted molar refractivity (Wildman–Crippen MR) is 91.4 cm³/mol. The van der Waals surface area contributed by atoms with Gasteiger partial charge in [-0.15, -0.1) is 13.2 Å². The van der Waals surface area contributed by atoms with Gasteiger partial charge < -0.3 is 19.8 Å². The average Bonchev–Trinajstić information content (AvgIpc) is 2.48. The molecule has 0 spiro atoms. The summed E-state index contributed by atoms with van der Waals surface area (Å²) in [5.41, 5.74) is 0. The number of carboxylic acids is 2. The van der Waals surface area contributed by atoms with Crippen molar-refractivity contribution >= 4 is 57.4 Å². The molecule has 0 aliphatic rings. The Morgan fingerprint density at radius 3 is 1.35 bits per heavy atom. The van der Waals surface area contributed by atoms with E-state index < -0.39 is 11.9 Å². The minimum Gasteiger partial charge on any atom is -0.550 e. The smallest absolute Gasteiger partial charge is 0.550 e. The van der Waals surface area contributed by atoms with Crippen LogP contribution in [0.3, 0.4) is 0 Å². The van der Waals surface area contributed by atoms with Gasteiger partial charge in [-0.2, -0.15) is 0 Å². The van der Waals surface area contributed by atoms with Gasteiger partial charge in [0, 0.05) is 23.8 Å². The van der Waals surface area contributed by atoms with E-state index in [0.717, 1.165) is 25.7 Å². The maximum atomic E-state index is 10.4. The minimum absolute atomic E-state index is 0. The van der Waals surface area contributed by atoms with Gasteiger partial charge in [0.25, 0.3) is 0 Å². The van der Waals surface area contributed by atoms with Crippen molar-refractivity contribution in [3.8, 4) is 0 Å². The molecule has 23 heavy (non-hydrogen) atoms. The number of carbonyl (C=O) groups excluding carboxylic acids is 2. The molecule has 0 bridgehead atoms. The number of unbranched alkanes of at least 4 members (excludes halogenated alkanes) is 2. The molecular weight excluding hydrogens is 368 g/mol. The molecule has 0 aromatic carbocycles. The Hall–Kier alpha value is -0.0995. The summed E-state index contributed by atoms with van der Waals surface area (Å²) in [4.78, 5) is 20.9. The third-order valence-electron chi connectivity index (χ3n) is 3.38. The first-order chi connectivity index (χ1) is 10.4. The van der Waals surface area contributed by atoms with Crippen LogP contribution in [0.5, 0.6) is 0 Å². The number of hydrogen-bond donors (Lipinski definition) is 0. The van der Waals surface area contributed by atoms with E-state index in [1.807, 2.05) is 13.8 Å². The summed E-state index contributed by atoms with van der Waals surface area (Å²) >= 11 is 0. The van der Waals surface area contributed by atoms with Crippen LogP contribution in [0, 0.1) is 11.8 Å². The zero-order chi connectivity index (χ0) is 17.4. The van der Waals surface area contributed by atoms with Gasteiger partial charge in [-0.05, 0) is 25.7 Å². The molecule has 0 N–H and O–H groups in total. The molecule has 0 radical (unpaired) electrons. The van der Waals surface area contributed by atoms with Crippen LogP contribution >= 0.6 is 0 Å². The Kier molecular flexibility index (Phi) is 24.1. The largest absolute Gasteiger partial charge is 2.00 e. The molecule has 0 aromatic rings. The molecule has 0 fully saturated rings. The maximum Gasteiger partial charge on any atom is 2.00 e. The molecule has 2 atom stereocenters. The van der Waals surface area contributed by atoms with Crippen molar-refractivity contribution in [1.82, 2.24) is 0 Å². The first-order valence-electron chi connectivity index (χ1n) is 8.07. The number of carbonyl (C=O) groups is 2. The Bertz CT molecular complexity index is 297. The first-order valence-corrected chi connectivity index (χ1v) is 8.07. The number of rotatable bonds is 12. The van der Waals surface area contributed by atoms with Gasteiger partial charge in [0.1, 0.15) is 0 Å². The molecule has 128 valence electrons. The maximum absolute atomic E-state index is 10.4. The molecular formula is C18H30O4Sr. The van der Waals surface area contributed by atoms with E-state index in [9.17, 15) is 19.8 Å². The third kappa shape index (κ3) is 18.1. The number of aliphatic carboxylic acids is 2. The molecule has 0 heterocycles. The Morgan fingerprint density at radius 2 is 1.17 bits per heavy atom. The summed E-state index contributed by atoms with van der Waals surface area (Å²) in [6.45, 7) is 11.1. The van der Waals surface area contributed by atoms with Crippen LogP contribution in [0.4, 0.5) is 0 Å². The second-order valence-corrected chi connectivity index (χ2v) is 5.37. The third-order valence-corrected chi connectivity index (χ3v) is 3.38. The van der Waals surface area contributed by atoms with Crippen LogP contribution in [0.1, 0.15) is 65.2 Å². The summed E-state index contributed by atoms with van der Waals surface area (Å²) < 4.78 is 0. The fourth-order valence-electron chi connectivity index (χ4n) is 1.97. The average molecular weight is 398 g/mol. The van der Waals surface area contributed by atoms with Crippen molar-refractivity contribution in [1.29, 1.82) is 0 Å².